The Labute approximate surface area is 193 Å². The minimum absolute atomic E-state index is 0.0202. The van der Waals surface area contributed by atoms with Crippen LogP contribution in [0.5, 0.6) is 5.75 Å². The summed E-state index contributed by atoms with van der Waals surface area (Å²) in [6.45, 7) is -0.860. The Morgan fingerprint density at radius 2 is 2.09 bits per heavy atom. The fourth-order valence-electron chi connectivity index (χ4n) is 3.99. The normalized spacial score (nSPS) is 29.9. The molecule has 3 aliphatic heterocycles. The molecule has 0 aromatic heterocycles. The molecule has 0 amide bonds. The van der Waals surface area contributed by atoms with E-state index >= 15 is 0 Å². The maximum atomic E-state index is 13.5. The molecule has 176 valence electrons. The van der Waals surface area contributed by atoms with Gasteiger partial charge in [0, 0.05) is 9.99 Å². The molecule has 3 heterocycles. The van der Waals surface area contributed by atoms with Gasteiger partial charge in [0.15, 0.2) is 16.3 Å². The molecule has 1 aromatic carbocycles. The summed E-state index contributed by atoms with van der Waals surface area (Å²) in [4.78, 5) is 24.8. The van der Waals surface area contributed by atoms with Gasteiger partial charge >= 0.3 is 17.2 Å². The fraction of sp³-hybridized carbons (Fsp3) is 0.556. The van der Waals surface area contributed by atoms with E-state index in [4.69, 9.17) is 18.9 Å². The summed E-state index contributed by atoms with van der Waals surface area (Å²) in [5.41, 5.74) is 0.287. The van der Waals surface area contributed by atoms with Crippen LogP contribution in [0.15, 0.2) is 18.2 Å². The topological polar surface area (TPSA) is 128 Å². The summed E-state index contributed by atoms with van der Waals surface area (Å²) in [5, 5.41) is -5.13. The van der Waals surface area contributed by atoms with Gasteiger partial charge in [0.25, 0.3) is 5.79 Å². The predicted octanol–water partition coefficient (Wildman–Crippen LogP) is 2.12. The molecule has 2 saturated heterocycles. The molecule has 5 unspecified atom stereocenters. The Morgan fingerprint density at radius 3 is 2.72 bits per heavy atom. The molecule has 0 radical (unpaired) electrons. The highest BCUT2D eigenvalue weighted by atomic mass is 127. The molecule has 5 atom stereocenters. The lowest BCUT2D eigenvalue weighted by molar-refractivity contribution is -0.186. The number of benzene rings is 1. The number of esters is 2. The lowest BCUT2D eigenvalue weighted by Gasteiger charge is -2.39. The Bertz CT molecular complexity index is 1070. The van der Waals surface area contributed by atoms with Gasteiger partial charge in [0.2, 0.25) is 0 Å². The van der Waals surface area contributed by atoms with Gasteiger partial charge in [0.1, 0.15) is 17.4 Å². The third kappa shape index (κ3) is 3.84. The number of hydrogen-bond acceptors (Lipinski definition) is 9. The Hall–Kier alpha value is -1.65. The Kier molecular flexibility index (Phi) is 5.87. The van der Waals surface area contributed by atoms with E-state index in [1.807, 2.05) is 22.6 Å². The molecule has 4 rings (SSSR count). The van der Waals surface area contributed by atoms with Crippen molar-refractivity contribution in [2.75, 3.05) is 6.61 Å². The van der Waals surface area contributed by atoms with Gasteiger partial charge in [-0.2, -0.15) is 8.78 Å². The first kappa shape index (κ1) is 23.5. The Morgan fingerprint density at radius 1 is 1.38 bits per heavy atom. The fourth-order valence-corrected chi connectivity index (χ4v) is 5.11. The molecular weight excluding hydrogens is 576 g/mol. The van der Waals surface area contributed by atoms with Crippen molar-refractivity contribution >= 4 is 44.6 Å². The van der Waals surface area contributed by atoms with Crippen LogP contribution in [0.1, 0.15) is 29.6 Å². The zero-order valence-electron chi connectivity index (χ0n) is 16.0. The van der Waals surface area contributed by atoms with Crippen LogP contribution < -0.4 is 4.74 Å². The first-order valence-corrected chi connectivity index (χ1v) is 11.8. The van der Waals surface area contributed by atoms with Crippen molar-refractivity contribution in [3.8, 4) is 5.75 Å². The number of fused-ring (bicyclic) bond motifs is 4. The van der Waals surface area contributed by atoms with E-state index in [1.165, 1.54) is 0 Å². The van der Waals surface area contributed by atoms with Crippen LogP contribution in [-0.4, -0.2) is 60.9 Å². The molecular formula is C18H15F3IO9S-. The molecule has 32 heavy (non-hydrogen) atoms. The van der Waals surface area contributed by atoms with Gasteiger partial charge in [-0.1, -0.05) is 6.07 Å². The molecule has 0 saturated carbocycles. The summed E-state index contributed by atoms with van der Waals surface area (Å²) in [6, 6.07) is 5.04. The molecule has 14 heteroatoms. The van der Waals surface area contributed by atoms with Crippen molar-refractivity contribution in [1.29, 1.82) is 0 Å². The van der Waals surface area contributed by atoms with Crippen LogP contribution in [0.3, 0.4) is 0 Å². The highest BCUT2D eigenvalue weighted by Crippen LogP contribution is 2.51. The molecule has 0 aliphatic carbocycles. The summed E-state index contributed by atoms with van der Waals surface area (Å²) in [5.74, 6) is -3.39. The van der Waals surface area contributed by atoms with E-state index in [-0.39, 0.29) is 18.4 Å². The smallest absolute Gasteiger partial charge is 0.364 e. The number of ether oxygens (including phenoxy) is 4. The van der Waals surface area contributed by atoms with Crippen molar-refractivity contribution in [2.24, 2.45) is 5.92 Å². The third-order valence-corrected chi connectivity index (χ3v) is 7.40. The van der Waals surface area contributed by atoms with Gasteiger partial charge < -0.3 is 23.5 Å². The van der Waals surface area contributed by atoms with Crippen LogP contribution in [-0.2, 0) is 29.1 Å². The van der Waals surface area contributed by atoms with E-state index in [1.54, 1.807) is 18.2 Å². The van der Waals surface area contributed by atoms with Gasteiger partial charge in [-0.25, -0.2) is 17.6 Å². The average Bonchev–Trinajstić information content (AvgIpc) is 3.24. The molecule has 2 fully saturated rings. The molecule has 9 nitrogen and oxygen atoms in total. The van der Waals surface area contributed by atoms with E-state index in [0.29, 0.717) is 9.32 Å². The van der Waals surface area contributed by atoms with Crippen LogP contribution >= 0.6 is 22.6 Å². The zero-order chi connectivity index (χ0) is 23.5. The standard InChI is InChI=1S/C18H16F3IO9S/c19-12(18(20,21)32(25,26)27)4-5-28-15(23)8-6-13-17(7-11(8)29-13)30-10-3-1-2-9(22)14(10)16(24)31-17/h1-3,8,11-13H,4-7H2,(H,25,26,27)/p-1. The van der Waals surface area contributed by atoms with Gasteiger partial charge in [-0.15, -0.1) is 0 Å². The third-order valence-electron chi connectivity index (χ3n) is 5.58. The van der Waals surface area contributed by atoms with Gasteiger partial charge in [0.05, 0.1) is 25.0 Å². The lowest BCUT2D eigenvalue weighted by atomic mass is 9.84. The maximum absolute atomic E-state index is 13.5. The SMILES string of the molecule is O=C1OC2(CC3OC2CC3C(=O)OCCC(F)C(F)(F)S(=O)(=O)[O-])Oc2cccc(I)c21. The highest BCUT2D eigenvalue weighted by molar-refractivity contribution is 14.1. The second-order valence-electron chi connectivity index (χ2n) is 7.57. The highest BCUT2D eigenvalue weighted by Gasteiger charge is 2.64. The van der Waals surface area contributed by atoms with Crippen molar-refractivity contribution in [1.82, 2.24) is 0 Å². The monoisotopic (exact) mass is 591 g/mol. The minimum atomic E-state index is -6.19. The number of halogens is 4. The molecule has 2 bridgehead atoms. The van der Waals surface area contributed by atoms with E-state index in [9.17, 15) is 35.7 Å². The van der Waals surface area contributed by atoms with E-state index in [0.717, 1.165) is 0 Å². The van der Waals surface area contributed by atoms with Gasteiger partial charge in [-0.3, -0.25) is 4.79 Å². The molecule has 0 N–H and O–H groups in total. The quantitative estimate of drug-likeness (QED) is 0.278. The first-order valence-electron chi connectivity index (χ1n) is 9.36. The number of carbonyl (C=O) groups is 2. The summed E-state index contributed by atoms with van der Waals surface area (Å²) < 4.78 is 93.7. The van der Waals surface area contributed by atoms with Crippen LogP contribution in [0.25, 0.3) is 0 Å². The number of alkyl halides is 3. The zero-order valence-corrected chi connectivity index (χ0v) is 18.9. The Balaban J connectivity index is 1.35. The molecule has 1 spiro atoms. The van der Waals surface area contributed by atoms with Gasteiger partial charge in [-0.05, 0) is 41.1 Å². The lowest BCUT2D eigenvalue weighted by Crippen LogP contribution is -2.53. The number of hydrogen-bond donors (Lipinski definition) is 0. The van der Waals surface area contributed by atoms with E-state index in [2.05, 4.69) is 0 Å². The maximum Gasteiger partial charge on any atom is 0.364 e. The molecule has 3 aliphatic rings. The number of rotatable bonds is 6. The van der Waals surface area contributed by atoms with Crippen LogP contribution in [0, 0.1) is 9.49 Å². The second kappa shape index (κ2) is 7.99. The van der Waals surface area contributed by atoms with Crippen LogP contribution in [0.2, 0.25) is 0 Å². The summed E-state index contributed by atoms with van der Waals surface area (Å²) >= 11 is 1.97. The second-order valence-corrected chi connectivity index (χ2v) is 10.2. The summed E-state index contributed by atoms with van der Waals surface area (Å²) in [7, 11) is -6.19. The van der Waals surface area contributed by atoms with Crippen molar-refractivity contribution < 1.29 is 54.7 Å². The van der Waals surface area contributed by atoms with Crippen LogP contribution in [0.4, 0.5) is 13.2 Å². The average molecular weight is 591 g/mol. The first-order chi connectivity index (χ1) is 14.9. The largest absolute Gasteiger partial charge is 0.743 e. The summed E-state index contributed by atoms with van der Waals surface area (Å²) in [6.07, 6.45) is -5.98. The molecule has 1 aromatic rings. The van der Waals surface area contributed by atoms with Crippen molar-refractivity contribution in [2.45, 2.75) is 48.7 Å². The number of carbonyl (C=O) groups excluding carboxylic acids is 2. The predicted molar refractivity (Wildman–Crippen MR) is 104 cm³/mol. The van der Waals surface area contributed by atoms with Crippen molar-refractivity contribution in [3.63, 3.8) is 0 Å². The van der Waals surface area contributed by atoms with E-state index < -0.39 is 70.4 Å². The minimum Gasteiger partial charge on any atom is -0.743 e. The van der Waals surface area contributed by atoms with Crippen molar-refractivity contribution in [3.05, 3.63) is 27.3 Å².